The van der Waals surface area contributed by atoms with E-state index in [4.69, 9.17) is 5.11 Å². The average molecular weight is 254 g/mol. The third-order valence-electron chi connectivity index (χ3n) is 2.85. The summed E-state index contributed by atoms with van der Waals surface area (Å²) in [6.07, 6.45) is 0. The van der Waals surface area contributed by atoms with Crippen LogP contribution in [0.1, 0.15) is 15.2 Å². The van der Waals surface area contributed by atoms with Crippen molar-refractivity contribution in [1.29, 1.82) is 0 Å². The van der Waals surface area contributed by atoms with Crippen LogP contribution in [0.25, 0.3) is 0 Å². The first-order valence-corrected chi connectivity index (χ1v) is 6.28. The van der Waals surface area contributed by atoms with Crippen molar-refractivity contribution in [3.8, 4) is 0 Å². The maximum absolute atomic E-state index is 12.2. The molecule has 0 spiro atoms. The van der Waals surface area contributed by atoms with Gasteiger partial charge < -0.3 is 15.3 Å². The highest BCUT2D eigenvalue weighted by atomic mass is 32.1. The minimum absolute atomic E-state index is 0.175. The van der Waals surface area contributed by atoms with Gasteiger partial charge in [0.15, 0.2) is 0 Å². The Kier molecular flexibility index (Phi) is 3.44. The van der Waals surface area contributed by atoms with Gasteiger partial charge in [-0.05, 0) is 23.9 Å². The number of carbonyl (C=O) groups excluding carboxylic acids is 1. The van der Waals surface area contributed by atoms with Gasteiger partial charge in [-0.3, -0.25) is 4.79 Å². The predicted octanol–water partition coefficient (Wildman–Crippen LogP) is 0.555. The second kappa shape index (κ2) is 4.85. The standard InChI is InChI=1S/C11H14N2O3S/c1-7-2-5-17-9(7)10(14)13-4-3-12-6-8(13)11(15)16/h2,5,8,12H,3-4,6H2,1H3,(H,15,16). The van der Waals surface area contributed by atoms with E-state index in [9.17, 15) is 9.59 Å². The molecule has 0 radical (unpaired) electrons. The van der Waals surface area contributed by atoms with Crippen molar-refractivity contribution >= 4 is 23.2 Å². The molecule has 1 aliphatic heterocycles. The molecule has 1 fully saturated rings. The van der Waals surface area contributed by atoms with Gasteiger partial charge in [-0.15, -0.1) is 11.3 Å². The van der Waals surface area contributed by atoms with Crippen molar-refractivity contribution in [2.24, 2.45) is 0 Å². The molecule has 2 rings (SSSR count). The van der Waals surface area contributed by atoms with Crippen molar-refractivity contribution in [3.05, 3.63) is 21.9 Å². The lowest BCUT2D eigenvalue weighted by Crippen LogP contribution is -2.56. The van der Waals surface area contributed by atoms with Gasteiger partial charge in [0.25, 0.3) is 5.91 Å². The maximum atomic E-state index is 12.2. The van der Waals surface area contributed by atoms with E-state index in [1.54, 1.807) is 0 Å². The molecule has 0 saturated carbocycles. The monoisotopic (exact) mass is 254 g/mol. The molecule has 1 aromatic heterocycles. The van der Waals surface area contributed by atoms with Gasteiger partial charge in [-0.2, -0.15) is 0 Å². The van der Waals surface area contributed by atoms with Crippen LogP contribution in [-0.4, -0.2) is 47.6 Å². The Morgan fingerprint density at radius 2 is 2.35 bits per heavy atom. The van der Waals surface area contributed by atoms with Crippen LogP contribution >= 0.6 is 11.3 Å². The molecule has 5 nitrogen and oxygen atoms in total. The fourth-order valence-corrected chi connectivity index (χ4v) is 2.77. The van der Waals surface area contributed by atoms with Gasteiger partial charge in [0.05, 0.1) is 4.88 Å². The van der Waals surface area contributed by atoms with Gasteiger partial charge >= 0.3 is 5.97 Å². The van der Waals surface area contributed by atoms with E-state index in [1.807, 2.05) is 18.4 Å². The third kappa shape index (κ3) is 2.32. The van der Waals surface area contributed by atoms with Crippen molar-refractivity contribution in [2.75, 3.05) is 19.6 Å². The summed E-state index contributed by atoms with van der Waals surface area (Å²) in [5, 5.41) is 13.9. The number of carboxylic acids is 1. The van der Waals surface area contributed by atoms with Crippen molar-refractivity contribution in [3.63, 3.8) is 0 Å². The zero-order chi connectivity index (χ0) is 12.4. The lowest BCUT2D eigenvalue weighted by atomic mass is 10.1. The molecule has 6 heteroatoms. The highest BCUT2D eigenvalue weighted by Gasteiger charge is 2.33. The highest BCUT2D eigenvalue weighted by Crippen LogP contribution is 2.19. The molecule has 2 heterocycles. The number of rotatable bonds is 2. The van der Waals surface area contributed by atoms with E-state index < -0.39 is 12.0 Å². The molecule has 92 valence electrons. The second-order valence-corrected chi connectivity index (χ2v) is 4.91. The minimum Gasteiger partial charge on any atom is -0.480 e. The van der Waals surface area contributed by atoms with Crippen LogP contribution in [0.3, 0.4) is 0 Å². The quantitative estimate of drug-likeness (QED) is 0.809. The number of thiophene rings is 1. The Morgan fingerprint density at radius 3 is 2.94 bits per heavy atom. The summed E-state index contributed by atoms with van der Waals surface area (Å²) in [6, 6.07) is 1.10. The lowest BCUT2D eigenvalue weighted by Gasteiger charge is -2.33. The summed E-state index contributed by atoms with van der Waals surface area (Å²) < 4.78 is 0. The van der Waals surface area contributed by atoms with E-state index in [2.05, 4.69) is 5.32 Å². The molecular formula is C11H14N2O3S. The summed E-state index contributed by atoms with van der Waals surface area (Å²) in [5.74, 6) is -1.13. The number of nitrogens with zero attached hydrogens (tertiary/aromatic N) is 1. The molecule has 1 aliphatic rings. The molecule has 1 atom stereocenters. The maximum Gasteiger partial charge on any atom is 0.327 e. The van der Waals surface area contributed by atoms with E-state index in [0.717, 1.165) is 5.56 Å². The average Bonchev–Trinajstić information content (AvgIpc) is 2.74. The van der Waals surface area contributed by atoms with Crippen LogP contribution in [0.5, 0.6) is 0 Å². The topological polar surface area (TPSA) is 69.6 Å². The molecule has 1 amide bonds. The fraction of sp³-hybridized carbons (Fsp3) is 0.455. The molecule has 1 unspecified atom stereocenters. The zero-order valence-electron chi connectivity index (χ0n) is 9.47. The first-order valence-electron chi connectivity index (χ1n) is 5.40. The number of aliphatic carboxylic acids is 1. The van der Waals surface area contributed by atoms with Gasteiger partial charge in [0.2, 0.25) is 0 Å². The Morgan fingerprint density at radius 1 is 1.59 bits per heavy atom. The van der Waals surface area contributed by atoms with Gasteiger partial charge in [0.1, 0.15) is 6.04 Å². The molecule has 1 saturated heterocycles. The Bertz CT molecular complexity index is 444. The number of nitrogens with one attached hydrogen (secondary N) is 1. The predicted molar refractivity (Wildman–Crippen MR) is 64.4 cm³/mol. The van der Waals surface area contributed by atoms with E-state index in [0.29, 0.717) is 24.5 Å². The highest BCUT2D eigenvalue weighted by molar-refractivity contribution is 7.12. The van der Waals surface area contributed by atoms with Gasteiger partial charge in [-0.1, -0.05) is 0 Å². The Labute approximate surface area is 103 Å². The summed E-state index contributed by atoms with van der Waals surface area (Å²) in [7, 11) is 0. The Balaban J connectivity index is 2.23. The number of carbonyl (C=O) groups is 2. The van der Waals surface area contributed by atoms with Crippen LogP contribution in [0.15, 0.2) is 11.4 Å². The normalized spacial score (nSPS) is 20.3. The first kappa shape index (κ1) is 12.1. The number of piperazine rings is 1. The summed E-state index contributed by atoms with van der Waals surface area (Å²) in [5.41, 5.74) is 0.905. The molecule has 0 bridgehead atoms. The van der Waals surface area contributed by atoms with Crippen LogP contribution < -0.4 is 5.32 Å². The number of hydrogen-bond acceptors (Lipinski definition) is 4. The van der Waals surface area contributed by atoms with Crippen LogP contribution in [0.2, 0.25) is 0 Å². The number of carboxylic acid groups (broad SMARTS) is 1. The van der Waals surface area contributed by atoms with Crippen LogP contribution in [0, 0.1) is 6.92 Å². The number of hydrogen-bond donors (Lipinski definition) is 2. The van der Waals surface area contributed by atoms with E-state index >= 15 is 0 Å². The van der Waals surface area contributed by atoms with Gasteiger partial charge in [0, 0.05) is 19.6 Å². The molecule has 0 aromatic carbocycles. The van der Waals surface area contributed by atoms with Crippen molar-refractivity contribution < 1.29 is 14.7 Å². The molecule has 17 heavy (non-hydrogen) atoms. The minimum atomic E-state index is -0.959. The summed E-state index contributed by atoms with van der Waals surface area (Å²) in [4.78, 5) is 25.4. The summed E-state index contributed by atoms with van der Waals surface area (Å²) in [6.45, 7) is 3.25. The third-order valence-corrected chi connectivity index (χ3v) is 3.85. The fourth-order valence-electron chi connectivity index (χ4n) is 1.89. The smallest absolute Gasteiger partial charge is 0.327 e. The largest absolute Gasteiger partial charge is 0.480 e. The second-order valence-electron chi connectivity index (χ2n) is 3.99. The van der Waals surface area contributed by atoms with E-state index in [1.165, 1.54) is 16.2 Å². The molecule has 0 aliphatic carbocycles. The zero-order valence-corrected chi connectivity index (χ0v) is 10.3. The SMILES string of the molecule is Cc1ccsc1C(=O)N1CCNCC1C(=O)O. The Hall–Kier alpha value is -1.40. The van der Waals surface area contributed by atoms with E-state index in [-0.39, 0.29) is 5.91 Å². The number of aryl methyl sites for hydroxylation is 1. The first-order chi connectivity index (χ1) is 8.11. The van der Waals surface area contributed by atoms with Crippen molar-refractivity contribution in [2.45, 2.75) is 13.0 Å². The van der Waals surface area contributed by atoms with Gasteiger partial charge in [-0.25, -0.2) is 4.79 Å². The van der Waals surface area contributed by atoms with Crippen LogP contribution in [0.4, 0.5) is 0 Å². The number of amides is 1. The molecular weight excluding hydrogens is 240 g/mol. The van der Waals surface area contributed by atoms with Crippen molar-refractivity contribution in [1.82, 2.24) is 10.2 Å². The summed E-state index contributed by atoms with van der Waals surface area (Å²) >= 11 is 1.36. The lowest BCUT2D eigenvalue weighted by molar-refractivity contribution is -0.142. The molecule has 1 aromatic rings. The van der Waals surface area contributed by atoms with Crippen LogP contribution in [-0.2, 0) is 4.79 Å². The molecule has 2 N–H and O–H groups in total.